The van der Waals surface area contributed by atoms with Crippen LogP contribution in [0.15, 0.2) is 70.5 Å². The van der Waals surface area contributed by atoms with Crippen molar-refractivity contribution in [3.63, 3.8) is 0 Å². The summed E-state index contributed by atoms with van der Waals surface area (Å²) in [5.74, 6) is -1.81. The fourth-order valence-electron chi connectivity index (χ4n) is 2.52. The molecule has 0 radical (unpaired) electrons. The van der Waals surface area contributed by atoms with E-state index < -0.39 is 52.8 Å². The van der Waals surface area contributed by atoms with Gasteiger partial charge in [0.2, 0.25) is 0 Å². The maximum absolute atomic E-state index is 12.5. The number of sulfonamides is 2. The van der Waals surface area contributed by atoms with Gasteiger partial charge in [-0.25, -0.2) is 16.8 Å². The van der Waals surface area contributed by atoms with E-state index in [1.165, 1.54) is 24.3 Å². The first-order chi connectivity index (χ1) is 13.9. The Morgan fingerprint density at radius 3 is 1.20 bits per heavy atom. The van der Waals surface area contributed by atoms with Gasteiger partial charge in [-0.3, -0.25) is 9.44 Å². The van der Waals surface area contributed by atoms with Crippen molar-refractivity contribution in [1.29, 1.82) is 0 Å². The van der Waals surface area contributed by atoms with E-state index in [1.807, 2.05) is 0 Å². The van der Waals surface area contributed by atoms with Gasteiger partial charge in [-0.05, 0) is 18.2 Å². The van der Waals surface area contributed by atoms with Crippen molar-refractivity contribution in [3.05, 3.63) is 60.7 Å². The molecular formula is C18H16N2O8S2. The fourth-order valence-corrected chi connectivity index (χ4v) is 4.73. The Hall–Kier alpha value is -3.64. The Kier molecular flexibility index (Phi) is 5.37. The highest BCUT2D eigenvalue weighted by molar-refractivity contribution is 7.93. The highest BCUT2D eigenvalue weighted by Crippen LogP contribution is 2.28. The van der Waals surface area contributed by atoms with E-state index in [-0.39, 0.29) is 11.4 Å². The number of phenolic OH excluding ortho intramolecular Hbond substituents is 4. The third-order valence-electron chi connectivity index (χ3n) is 3.74. The quantitative estimate of drug-likeness (QED) is 0.330. The minimum atomic E-state index is -4.20. The van der Waals surface area contributed by atoms with Gasteiger partial charge in [0.05, 0.1) is 21.2 Å². The average molecular weight is 452 g/mol. The molecule has 0 heterocycles. The third kappa shape index (κ3) is 4.85. The molecule has 0 bridgehead atoms. The zero-order valence-corrected chi connectivity index (χ0v) is 16.6. The summed E-state index contributed by atoms with van der Waals surface area (Å²) in [7, 11) is -8.39. The number of nitrogens with one attached hydrogen (secondary N) is 2. The smallest absolute Gasteiger partial charge is 0.262 e. The fraction of sp³-hybridized carbons (Fsp3) is 0. The molecule has 0 aromatic heterocycles. The summed E-state index contributed by atoms with van der Waals surface area (Å²) in [6.45, 7) is 0. The van der Waals surface area contributed by atoms with Crippen LogP contribution in [0.3, 0.4) is 0 Å². The molecule has 10 nitrogen and oxygen atoms in total. The number of benzene rings is 3. The van der Waals surface area contributed by atoms with Crippen LogP contribution in [0.25, 0.3) is 0 Å². The van der Waals surface area contributed by atoms with Crippen LogP contribution in [0.2, 0.25) is 0 Å². The first kappa shape index (κ1) is 21.1. The zero-order valence-electron chi connectivity index (χ0n) is 15.0. The van der Waals surface area contributed by atoms with Gasteiger partial charge in [-0.15, -0.1) is 0 Å². The van der Waals surface area contributed by atoms with E-state index in [0.717, 1.165) is 36.4 Å². The molecule has 12 heteroatoms. The Morgan fingerprint density at radius 2 is 0.867 bits per heavy atom. The number of anilines is 2. The van der Waals surface area contributed by atoms with Crippen molar-refractivity contribution in [1.82, 2.24) is 0 Å². The highest BCUT2D eigenvalue weighted by Gasteiger charge is 2.19. The Morgan fingerprint density at radius 1 is 0.533 bits per heavy atom. The van der Waals surface area contributed by atoms with Crippen molar-refractivity contribution in [2.24, 2.45) is 0 Å². The lowest BCUT2D eigenvalue weighted by atomic mass is 10.3. The molecular weight excluding hydrogens is 436 g/mol. The maximum Gasteiger partial charge on any atom is 0.262 e. The lowest BCUT2D eigenvalue weighted by Gasteiger charge is -2.12. The number of rotatable bonds is 6. The monoisotopic (exact) mass is 452 g/mol. The van der Waals surface area contributed by atoms with Gasteiger partial charge in [-0.1, -0.05) is 6.07 Å². The summed E-state index contributed by atoms with van der Waals surface area (Å²) in [6.07, 6.45) is 0. The van der Waals surface area contributed by atoms with E-state index in [1.54, 1.807) is 0 Å². The van der Waals surface area contributed by atoms with Crippen LogP contribution in [0, 0.1) is 0 Å². The minimum Gasteiger partial charge on any atom is -0.508 e. The van der Waals surface area contributed by atoms with Crippen LogP contribution in [0.5, 0.6) is 23.0 Å². The maximum atomic E-state index is 12.5. The van der Waals surface area contributed by atoms with Crippen LogP contribution in [0.4, 0.5) is 11.4 Å². The summed E-state index contributed by atoms with van der Waals surface area (Å²) in [5.41, 5.74) is -0.00595. The first-order valence-electron chi connectivity index (χ1n) is 8.16. The van der Waals surface area contributed by atoms with E-state index >= 15 is 0 Å². The second-order valence-corrected chi connectivity index (χ2v) is 9.53. The molecule has 0 spiro atoms. The van der Waals surface area contributed by atoms with Crippen LogP contribution < -0.4 is 9.44 Å². The molecule has 6 N–H and O–H groups in total. The molecule has 30 heavy (non-hydrogen) atoms. The Labute approximate surface area is 171 Å². The van der Waals surface area contributed by atoms with Gasteiger partial charge in [0.1, 0.15) is 23.0 Å². The summed E-state index contributed by atoms with van der Waals surface area (Å²) in [4.78, 5) is -0.803. The third-order valence-corrected chi connectivity index (χ3v) is 6.46. The number of aromatic hydroxyl groups is 4. The molecule has 158 valence electrons. The lowest BCUT2D eigenvalue weighted by Crippen LogP contribution is -2.15. The summed E-state index contributed by atoms with van der Waals surface area (Å²) in [6, 6.07) is 11.0. The van der Waals surface area contributed by atoms with Gasteiger partial charge in [0, 0.05) is 36.4 Å². The van der Waals surface area contributed by atoms with Gasteiger partial charge < -0.3 is 20.4 Å². The highest BCUT2D eigenvalue weighted by atomic mass is 32.2. The van der Waals surface area contributed by atoms with Gasteiger partial charge in [0.15, 0.2) is 0 Å². The van der Waals surface area contributed by atoms with Crippen LogP contribution in [-0.4, -0.2) is 37.3 Å². The molecule has 0 unspecified atom stereocenters. The second kappa shape index (κ2) is 7.65. The van der Waals surface area contributed by atoms with Gasteiger partial charge >= 0.3 is 0 Å². The Bertz CT molecular complexity index is 1180. The van der Waals surface area contributed by atoms with Crippen LogP contribution in [0.1, 0.15) is 0 Å². The predicted octanol–water partition coefficient (Wildman–Crippen LogP) is 2.11. The van der Waals surface area contributed by atoms with Crippen LogP contribution >= 0.6 is 0 Å². The molecule has 0 aliphatic heterocycles. The largest absolute Gasteiger partial charge is 0.508 e. The van der Waals surface area contributed by atoms with E-state index in [2.05, 4.69) is 9.44 Å². The standard InChI is InChI=1S/C18H16N2O8S2/c21-13-5-14(22)8-17(7-13)29(25,26)19-11-2-1-3-12(4-11)20-30(27,28)18-9-15(23)6-16(24)10-18/h1-10,19-24H. The van der Waals surface area contributed by atoms with Crippen molar-refractivity contribution in [2.75, 3.05) is 9.44 Å². The van der Waals surface area contributed by atoms with E-state index in [9.17, 15) is 37.3 Å². The molecule has 0 aliphatic carbocycles. The summed E-state index contributed by atoms with van der Waals surface area (Å²) < 4.78 is 54.3. The SMILES string of the molecule is O=S(=O)(Nc1cccc(NS(=O)(=O)c2cc(O)cc(O)c2)c1)c1cc(O)cc(O)c1. The lowest BCUT2D eigenvalue weighted by molar-refractivity contribution is 0.446. The topological polar surface area (TPSA) is 173 Å². The van der Waals surface area contributed by atoms with E-state index in [0.29, 0.717) is 0 Å². The van der Waals surface area contributed by atoms with Crippen molar-refractivity contribution >= 4 is 31.4 Å². The Balaban J connectivity index is 1.87. The molecule has 3 rings (SSSR count). The number of phenols is 4. The molecule has 3 aromatic rings. The van der Waals surface area contributed by atoms with Crippen LogP contribution in [-0.2, 0) is 20.0 Å². The first-order valence-corrected chi connectivity index (χ1v) is 11.1. The minimum absolute atomic E-state index is 0.00297. The summed E-state index contributed by atoms with van der Waals surface area (Å²) in [5, 5.41) is 37.9. The number of hydrogen-bond donors (Lipinski definition) is 6. The van der Waals surface area contributed by atoms with Crippen molar-refractivity contribution in [3.8, 4) is 23.0 Å². The molecule has 0 atom stereocenters. The summed E-state index contributed by atoms with van der Waals surface area (Å²) >= 11 is 0. The molecule has 0 aliphatic rings. The van der Waals surface area contributed by atoms with Crippen molar-refractivity contribution < 1.29 is 37.3 Å². The van der Waals surface area contributed by atoms with Crippen molar-refractivity contribution in [2.45, 2.75) is 9.79 Å². The van der Waals surface area contributed by atoms with Gasteiger partial charge in [0.25, 0.3) is 20.0 Å². The van der Waals surface area contributed by atoms with Gasteiger partial charge in [-0.2, -0.15) is 0 Å². The number of hydrogen-bond acceptors (Lipinski definition) is 8. The predicted molar refractivity (Wildman–Crippen MR) is 108 cm³/mol. The normalized spacial score (nSPS) is 11.7. The molecule has 0 amide bonds. The zero-order chi connectivity index (χ0) is 22.1. The molecule has 0 saturated carbocycles. The molecule has 0 fully saturated rings. The van der Waals surface area contributed by atoms with E-state index in [4.69, 9.17) is 0 Å². The second-order valence-electron chi connectivity index (χ2n) is 6.16. The molecule has 0 saturated heterocycles. The average Bonchev–Trinajstić information content (AvgIpc) is 2.59. The molecule has 3 aromatic carbocycles.